The SMILES string of the molecule is CC(=O)NC1CCN(Cc2ccc(N)cc2Cl)CC1. The van der Waals surface area contributed by atoms with Gasteiger partial charge in [0.15, 0.2) is 0 Å². The Hall–Kier alpha value is -1.26. The van der Waals surface area contributed by atoms with Crippen LogP contribution >= 0.6 is 11.6 Å². The molecule has 0 saturated carbocycles. The van der Waals surface area contributed by atoms with Crippen LogP contribution < -0.4 is 11.1 Å². The Morgan fingerprint density at radius 1 is 1.47 bits per heavy atom. The second-order valence-electron chi connectivity index (χ2n) is 5.10. The lowest BCUT2D eigenvalue weighted by Crippen LogP contribution is -2.43. The molecule has 0 radical (unpaired) electrons. The van der Waals surface area contributed by atoms with Crippen molar-refractivity contribution >= 4 is 23.2 Å². The average Bonchev–Trinajstić information content (AvgIpc) is 2.34. The fraction of sp³-hybridized carbons (Fsp3) is 0.500. The van der Waals surface area contributed by atoms with Crippen molar-refractivity contribution in [3.63, 3.8) is 0 Å². The molecule has 0 spiro atoms. The van der Waals surface area contributed by atoms with Gasteiger partial charge in [-0.25, -0.2) is 0 Å². The van der Waals surface area contributed by atoms with Crippen LogP contribution in [0.2, 0.25) is 5.02 Å². The van der Waals surface area contributed by atoms with E-state index in [0.717, 1.165) is 43.1 Å². The number of anilines is 1. The number of nitrogens with two attached hydrogens (primary N) is 1. The maximum atomic E-state index is 11.0. The van der Waals surface area contributed by atoms with Gasteiger partial charge in [-0.3, -0.25) is 9.69 Å². The molecule has 0 aromatic heterocycles. The van der Waals surface area contributed by atoms with Crippen LogP contribution in [0.25, 0.3) is 0 Å². The van der Waals surface area contributed by atoms with Crippen molar-refractivity contribution in [1.29, 1.82) is 0 Å². The van der Waals surface area contributed by atoms with E-state index in [1.54, 1.807) is 13.0 Å². The Balaban J connectivity index is 1.87. The number of nitrogen functional groups attached to an aromatic ring is 1. The minimum absolute atomic E-state index is 0.0556. The Bertz CT molecular complexity index is 456. The normalized spacial score (nSPS) is 17.4. The molecule has 0 aliphatic carbocycles. The standard InChI is InChI=1S/C14H20ClN3O/c1-10(19)17-13-4-6-18(7-5-13)9-11-2-3-12(16)8-14(11)15/h2-3,8,13H,4-7,9,16H2,1H3,(H,17,19). The van der Waals surface area contributed by atoms with Crippen molar-refractivity contribution in [3.8, 4) is 0 Å². The van der Waals surface area contributed by atoms with E-state index in [-0.39, 0.29) is 5.91 Å². The third-order valence-corrected chi connectivity index (χ3v) is 3.82. The molecule has 2 rings (SSSR count). The first-order chi connectivity index (χ1) is 9.04. The molecule has 1 aromatic carbocycles. The number of halogens is 1. The van der Waals surface area contributed by atoms with Gasteiger partial charge in [0.2, 0.25) is 5.91 Å². The maximum absolute atomic E-state index is 11.0. The largest absolute Gasteiger partial charge is 0.399 e. The Morgan fingerprint density at radius 3 is 2.74 bits per heavy atom. The van der Waals surface area contributed by atoms with E-state index < -0.39 is 0 Å². The molecular formula is C14H20ClN3O. The van der Waals surface area contributed by atoms with E-state index in [0.29, 0.717) is 11.7 Å². The summed E-state index contributed by atoms with van der Waals surface area (Å²) in [5.41, 5.74) is 7.49. The molecule has 5 heteroatoms. The van der Waals surface area contributed by atoms with Crippen LogP contribution in [0.5, 0.6) is 0 Å². The lowest BCUT2D eigenvalue weighted by molar-refractivity contribution is -0.119. The Kier molecular flexibility index (Phi) is 4.66. The number of hydrogen-bond donors (Lipinski definition) is 2. The fourth-order valence-electron chi connectivity index (χ4n) is 2.46. The topological polar surface area (TPSA) is 58.4 Å². The molecule has 1 heterocycles. The Labute approximate surface area is 118 Å². The van der Waals surface area contributed by atoms with Crippen LogP contribution in [0.4, 0.5) is 5.69 Å². The van der Waals surface area contributed by atoms with Gasteiger partial charge >= 0.3 is 0 Å². The van der Waals surface area contributed by atoms with Gasteiger partial charge in [-0.2, -0.15) is 0 Å². The first kappa shape index (κ1) is 14.2. The molecule has 0 bridgehead atoms. The van der Waals surface area contributed by atoms with Gasteiger partial charge in [0.25, 0.3) is 0 Å². The molecule has 1 aliphatic rings. The van der Waals surface area contributed by atoms with Crippen molar-refractivity contribution < 1.29 is 4.79 Å². The number of hydrogen-bond acceptors (Lipinski definition) is 3. The molecule has 104 valence electrons. The number of nitrogens with zero attached hydrogens (tertiary/aromatic N) is 1. The number of piperidine rings is 1. The maximum Gasteiger partial charge on any atom is 0.217 e. The second-order valence-corrected chi connectivity index (χ2v) is 5.51. The molecule has 1 saturated heterocycles. The van der Waals surface area contributed by atoms with E-state index in [1.807, 2.05) is 12.1 Å². The zero-order valence-electron chi connectivity index (χ0n) is 11.2. The van der Waals surface area contributed by atoms with Crippen LogP contribution in [0.15, 0.2) is 18.2 Å². The molecule has 1 aliphatic heterocycles. The third-order valence-electron chi connectivity index (χ3n) is 3.47. The van der Waals surface area contributed by atoms with Gasteiger partial charge < -0.3 is 11.1 Å². The van der Waals surface area contributed by atoms with E-state index in [9.17, 15) is 4.79 Å². The van der Waals surface area contributed by atoms with Gasteiger partial charge in [0.05, 0.1) is 0 Å². The van der Waals surface area contributed by atoms with Crippen LogP contribution in [-0.4, -0.2) is 29.9 Å². The van der Waals surface area contributed by atoms with Crippen molar-refractivity contribution in [2.75, 3.05) is 18.8 Å². The summed E-state index contributed by atoms with van der Waals surface area (Å²) in [4.78, 5) is 13.4. The highest BCUT2D eigenvalue weighted by molar-refractivity contribution is 6.31. The predicted molar refractivity (Wildman–Crippen MR) is 78.0 cm³/mol. The molecule has 0 unspecified atom stereocenters. The van der Waals surface area contributed by atoms with E-state index in [2.05, 4.69) is 10.2 Å². The lowest BCUT2D eigenvalue weighted by Gasteiger charge is -2.32. The minimum Gasteiger partial charge on any atom is -0.399 e. The Morgan fingerprint density at radius 2 is 2.16 bits per heavy atom. The quantitative estimate of drug-likeness (QED) is 0.834. The number of benzene rings is 1. The van der Waals surface area contributed by atoms with E-state index >= 15 is 0 Å². The van der Waals surface area contributed by atoms with Gasteiger partial charge in [-0.15, -0.1) is 0 Å². The first-order valence-electron chi connectivity index (χ1n) is 6.58. The van der Waals surface area contributed by atoms with Gasteiger partial charge in [0.1, 0.15) is 0 Å². The molecule has 1 fully saturated rings. The van der Waals surface area contributed by atoms with Gasteiger partial charge in [-0.05, 0) is 30.5 Å². The number of rotatable bonds is 3. The highest BCUT2D eigenvalue weighted by atomic mass is 35.5. The highest BCUT2D eigenvalue weighted by Crippen LogP contribution is 2.22. The van der Waals surface area contributed by atoms with Crippen LogP contribution in [0, 0.1) is 0 Å². The van der Waals surface area contributed by atoms with Crippen molar-refractivity contribution in [2.24, 2.45) is 0 Å². The average molecular weight is 282 g/mol. The molecule has 19 heavy (non-hydrogen) atoms. The zero-order chi connectivity index (χ0) is 13.8. The number of likely N-dealkylation sites (tertiary alicyclic amines) is 1. The van der Waals surface area contributed by atoms with Crippen LogP contribution in [0.1, 0.15) is 25.3 Å². The highest BCUT2D eigenvalue weighted by Gasteiger charge is 2.20. The fourth-order valence-corrected chi connectivity index (χ4v) is 2.70. The second kappa shape index (κ2) is 6.26. The van der Waals surface area contributed by atoms with Crippen LogP contribution in [-0.2, 0) is 11.3 Å². The first-order valence-corrected chi connectivity index (χ1v) is 6.96. The summed E-state index contributed by atoms with van der Waals surface area (Å²) < 4.78 is 0. The smallest absolute Gasteiger partial charge is 0.217 e. The summed E-state index contributed by atoms with van der Waals surface area (Å²) in [6.07, 6.45) is 1.98. The van der Waals surface area contributed by atoms with E-state index in [1.165, 1.54) is 0 Å². The summed E-state index contributed by atoms with van der Waals surface area (Å²) >= 11 is 6.18. The number of nitrogens with one attached hydrogen (secondary N) is 1. The third kappa shape index (κ3) is 4.11. The zero-order valence-corrected chi connectivity index (χ0v) is 11.9. The summed E-state index contributed by atoms with van der Waals surface area (Å²) in [7, 11) is 0. The summed E-state index contributed by atoms with van der Waals surface area (Å²) in [5, 5.41) is 3.70. The molecule has 1 amide bonds. The van der Waals surface area contributed by atoms with Crippen LogP contribution in [0.3, 0.4) is 0 Å². The lowest BCUT2D eigenvalue weighted by atomic mass is 10.0. The van der Waals surface area contributed by atoms with Gasteiger partial charge in [0, 0.05) is 43.3 Å². The predicted octanol–water partition coefficient (Wildman–Crippen LogP) is 2.02. The van der Waals surface area contributed by atoms with E-state index in [4.69, 9.17) is 17.3 Å². The molecular weight excluding hydrogens is 262 g/mol. The summed E-state index contributed by atoms with van der Waals surface area (Å²) in [5.74, 6) is 0.0556. The minimum atomic E-state index is 0.0556. The molecule has 4 nitrogen and oxygen atoms in total. The number of amides is 1. The molecule has 1 aromatic rings. The monoisotopic (exact) mass is 281 g/mol. The summed E-state index contributed by atoms with van der Waals surface area (Å²) in [6.45, 7) is 4.36. The van der Waals surface area contributed by atoms with Crippen molar-refractivity contribution in [1.82, 2.24) is 10.2 Å². The van der Waals surface area contributed by atoms with Gasteiger partial charge in [-0.1, -0.05) is 17.7 Å². The molecule has 3 N–H and O–H groups in total. The summed E-state index contributed by atoms with van der Waals surface area (Å²) in [6, 6.07) is 5.97. The number of carbonyl (C=O) groups excluding carboxylic acids is 1. The molecule has 0 atom stereocenters. The number of carbonyl (C=O) groups is 1. The van der Waals surface area contributed by atoms with Crippen molar-refractivity contribution in [2.45, 2.75) is 32.4 Å². The van der Waals surface area contributed by atoms with Crippen molar-refractivity contribution in [3.05, 3.63) is 28.8 Å².